The molecule has 0 amide bonds. The number of fused-ring (bicyclic) bond motifs is 4. The number of anilines is 1. The van der Waals surface area contributed by atoms with Crippen molar-refractivity contribution in [3.8, 4) is 5.75 Å². The molecule has 1 N–H and O–H groups in total. The van der Waals surface area contributed by atoms with Gasteiger partial charge in [0.25, 0.3) is 0 Å². The van der Waals surface area contributed by atoms with Gasteiger partial charge in [0.2, 0.25) is 5.79 Å². The Balaban J connectivity index is 0.836. The number of nitrogens with zero attached hydrogens (tertiary/aromatic N) is 3. The van der Waals surface area contributed by atoms with Gasteiger partial charge in [-0.25, -0.2) is 14.8 Å². The molecule has 5 aliphatic heterocycles. The highest BCUT2D eigenvalue weighted by atomic mass is 35.5. The second-order valence-corrected chi connectivity index (χ2v) is 15.2. The molecule has 2 bridgehead atoms. The van der Waals surface area contributed by atoms with Crippen molar-refractivity contribution in [3.05, 3.63) is 41.4 Å². The Morgan fingerprint density at radius 2 is 1.81 bits per heavy atom. The highest BCUT2D eigenvalue weighted by Gasteiger charge is 2.69. The van der Waals surface area contributed by atoms with Crippen molar-refractivity contribution in [2.75, 3.05) is 64.4 Å². The molecule has 9 rings (SSSR count). The van der Waals surface area contributed by atoms with E-state index in [-0.39, 0.29) is 18.1 Å². The lowest BCUT2D eigenvalue weighted by Gasteiger charge is -2.60. The van der Waals surface area contributed by atoms with E-state index in [4.69, 9.17) is 45.3 Å². The standard InChI is InChI=1S/C37H49ClN4O6/c1-23-5-9-30-24(2)34(45-35-37(30)29(23)11-12-36(3,46-35)47-48-37)44-20-14-39-13-15-41-16-18-42(19-17-41)33-27-8-6-25(38)21-32(27)40-31-10-7-26(43-4)22-28(31)33/h6-8,10,21-24,29-30,34-35,39H,5,9,11-20H2,1-4H3/t23-,24-,29+,30+,34+,35-,36-,37-/m1/s1. The summed E-state index contributed by atoms with van der Waals surface area (Å²) in [5.74, 6) is 1.45. The van der Waals surface area contributed by atoms with Gasteiger partial charge in [0.15, 0.2) is 18.2 Å². The summed E-state index contributed by atoms with van der Waals surface area (Å²) in [6.45, 7) is 13.6. The molecule has 6 aliphatic rings. The molecule has 1 spiro atoms. The predicted molar refractivity (Wildman–Crippen MR) is 185 cm³/mol. The Morgan fingerprint density at radius 3 is 2.65 bits per heavy atom. The molecule has 2 aromatic carbocycles. The van der Waals surface area contributed by atoms with Crippen LogP contribution in [0.1, 0.15) is 46.5 Å². The molecule has 11 heteroatoms. The summed E-state index contributed by atoms with van der Waals surface area (Å²) in [5, 5.41) is 6.52. The van der Waals surface area contributed by atoms with Crippen molar-refractivity contribution < 1.29 is 28.7 Å². The maximum Gasteiger partial charge on any atom is 0.201 e. The van der Waals surface area contributed by atoms with Gasteiger partial charge in [-0.3, -0.25) is 4.90 Å². The molecular formula is C37H49ClN4O6. The molecule has 6 heterocycles. The summed E-state index contributed by atoms with van der Waals surface area (Å²) in [4.78, 5) is 22.1. The number of benzene rings is 2. The third-order valence-corrected chi connectivity index (χ3v) is 12.1. The number of piperazine rings is 1. The zero-order chi connectivity index (χ0) is 33.0. The Hall–Kier alpha value is -2.28. The van der Waals surface area contributed by atoms with Gasteiger partial charge in [-0.15, -0.1) is 0 Å². The fraction of sp³-hybridized carbons (Fsp3) is 0.649. The minimum absolute atomic E-state index is 0.190. The van der Waals surface area contributed by atoms with Crippen LogP contribution in [-0.4, -0.2) is 93.4 Å². The van der Waals surface area contributed by atoms with Gasteiger partial charge in [-0.2, -0.15) is 0 Å². The molecule has 1 aliphatic carbocycles. The fourth-order valence-electron chi connectivity index (χ4n) is 9.21. The second kappa shape index (κ2) is 13.1. The summed E-state index contributed by atoms with van der Waals surface area (Å²) in [5.41, 5.74) is 2.52. The molecule has 260 valence electrons. The number of pyridine rings is 1. The van der Waals surface area contributed by atoms with E-state index < -0.39 is 17.7 Å². The second-order valence-electron chi connectivity index (χ2n) is 14.7. The first-order chi connectivity index (χ1) is 23.3. The lowest BCUT2D eigenvalue weighted by molar-refractivity contribution is -0.577. The zero-order valence-corrected chi connectivity index (χ0v) is 29.3. The van der Waals surface area contributed by atoms with Gasteiger partial charge in [-0.05, 0) is 74.4 Å². The number of hydrogen-bond acceptors (Lipinski definition) is 10. The van der Waals surface area contributed by atoms with E-state index in [1.165, 1.54) is 12.1 Å². The van der Waals surface area contributed by atoms with Crippen LogP contribution in [0.5, 0.6) is 5.75 Å². The Bertz CT molecular complexity index is 1640. The molecular weight excluding hydrogens is 632 g/mol. The minimum atomic E-state index is -0.766. The quantitative estimate of drug-likeness (QED) is 0.165. The predicted octanol–water partition coefficient (Wildman–Crippen LogP) is 5.99. The van der Waals surface area contributed by atoms with Crippen LogP contribution < -0.4 is 15.0 Å². The van der Waals surface area contributed by atoms with Gasteiger partial charge >= 0.3 is 0 Å². The monoisotopic (exact) mass is 680 g/mol. The van der Waals surface area contributed by atoms with Gasteiger partial charge < -0.3 is 29.2 Å². The number of halogens is 1. The number of methoxy groups -OCH3 is 1. The van der Waals surface area contributed by atoms with Gasteiger partial charge in [0, 0.05) is 79.9 Å². The normalized spacial score (nSPS) is 35.1. The Morgan fingerprint density at radius 1 is 0.958 bits per heavy atom. The first-order valence-electron chi connectivity index (χ1n) is 17.8. The molecule has 8 atom stereocenters. The van der Waals surface area contributed by atoms with Crippen molar-refractivity contribution in [3.63, 3.8) is 0 Å². The van der Waals surface area contributed by atoms with Crippen LogP contribution >= 0.6 is 11.6 Å². The van der Waals surface area contributed by atoms with E-state index >= 15 is 0 Å². The maximum atomic E-state index is 6.57. The third kappa shape index (κ3) is 5.76. The number of hydrogen-bond donors (Lipinski definition) is 1. The van der Waals surface area contributed by atoms with Crippen molar-refractivity contribution in [2.45, 2.75) is 70.4 Å². The molecule has 6 fully saturated rings. The Kier molecular flexibility index (Phi) is 8.99. The molecule has 3 aromatic rings. The lowest BCUT2D eigenvalue weighted by Crippen LogP contribution is -2.70. The number of nitrogens with one attached hydrogen (secondary N) is 1. The molecule has 48 heavy (non-hydrogen) atoms. The number of ether oxygens (including phenoxy) is 4. The van der Waals surface area contributed by atoms with Gasteiger partial charge in [0.05, 0.1) is 30.4 Å². The van der Waals surface area contributed by atoms with E-state index in [0.29, 0.717) is 23.5 Å². The van der Waals surface area contributed by atoms with E-state index in [0.717, 1.165) is 92.6 Å². The van der Waals surface area contributed by atoms with Crippen molar-refractivity contribution in [1.82, 2.24) is 15.2 Å². The molecule has 1 aromatic heterocycles. The molecule has 10 nitrogen and oxygen atoms in total. The van der Waals surface area contributed by atoms with Crippen LogP contribution in [0.4, 0.5) is 5.69 Å². The number of rotatable bonds is 9. The summed E-state index contributed by atoms with van der Waals surface area (Å²) >= 11 is 6.36. The van der Waals surface area contributed by atoms with Crippen LogP contribution in [-0.2, 0) is 24.0 Å². The van der Waals surface area contributed by atoms with Crippen LogP contribution in [0, 0.1) is 23.7 Å². The Labute approximate surface area is 288 Å². The van der Waals surface area contributed by atoms with Crippen LogP contribution in [0.15, 0.2) is 36.4 Å². The van der Waals surface area contributed by atoms with Crippen molar-refractivity contribution >= 4 is 39.1 Å². The van der Waals surface area contributed by atoms with Gasteiger partial charge in [-0.1, -0.05) is 25.4 Å². The highest BCUT2D eigenvalue weighted by Crippen LogP contribution is 2.60. The summed E-state index contributed by atoms with van der Waals surface area (Å²) < 4.78 is 25.0. The summed E-state index contributed by atoms with van der Waals surface area (Å²) in [6, 6.07) is 12.1. The van der Waals surface area contributed by atoms with E-state index in [1.54, 1.807) is 7.11 Å². The SMILES string of the molecule is COc1ccc2nc3cc(Cl)ccc3c(N3CCN(CCNCCO[C@H]4O[C@@H]5O[C@@]6(C)CC[C@H]7[C@H](C)CC[C@@H]([C@H]4C)[C@@]57OO6)CC3)c2c1. The van der Waals surface area contributed by atoms with Crippen LogP contribution in [0.2, 0.25) is 5.02 Å². The zero-order valence-electron chi connectivity index (χ0n) is 28.6. The van der Waals surface area contributed by atoms with Crippen LogP contribution in [0.25, 0.3) is 21.8 Å². The maximum absolute atomic E-state index is 6.57. The third-order valence-electron chi connectivity index (χ3n) is 11.9. The van der Waals surface area contributed by atoms with E-state index in [1.807, 2.05) is 31.2 Å². The summed E-state index contributed by atoms with van der Waals surface area (Å²) in [6.07, 6.45) is 3.33. The summed E-state index contributed by atoms with van der Waals surface area (Å²) in [7, 11) is 1.71. The first kappa shape index (κ1) is 32.9. The topological polar surface area (TPSA) is 86.8 Å². The van der Waals surface area contributed by atoms with Gasteiger partial charge in [0.1, 0.15) is 5.75 Å². The fourth-order valence-corrected chi connectivity index (χ4v) is 9.38. The smallest absolute Gasteiger partial charge is 0.201 e. The molecule has 0 radical (unpaired) electrons. The lowest BCUT2D eigenvalue weighted by atomic mass is 9.58. The largest absolute Gasteiger partial charge is 0.497 e. The van der Waals surface area contributed by atoms with Crippen LogP contribution in [0.3, 0.4) is 0 Å². The van der Waals surface area contributed by atoms with Crippen molar-refractivity contribution in [1.29, 1.82) is 0 Å². The van der Waals surface area contributed by atoms with Crippen molar-refractivity contribution in [2.24, 2.45) is 23.7 Å². The highest BCUT2D eigenvalue weighted by molar-refractivity contribution is 6.31. The number of aromatic nitrogens is 1. The van der Waals surface area contributed by atoms with E-state index in [2.05, 4.69) is 41.1 Å². The molecule has 1 saturated carbocycles. The average molecular weight is 681 g/mol. The minimum Gasteiger partial charge on any atom is -0.497 e. The van der Waals surface area contributed by atoms with E-state index in [9.17, 15) is 0 Å². The molecule has 5 saturated heterocycles. The molecule has 0 unspecified atom stereocenters. The first-order valence-corrected chi connectivity index (χ1v) is 18.2. The average Bonchev–Trinajstić information content (AvgIpc) is 3.33.